The molecule has 0 aliphatic rings. The molecule has 1 aromatic carbocycles. The largest absolute Gasteiger partial charge is 0.469 e. The van der Waals surface area contributed by atoms with Crippen molar-refractivity contribution in [2.45, 2.75) is 65.0 Å². The lowest BCUT2D eigenvalue weighted by Crippen LogP contribution is -2.39. The van der Waals surface area contributed by atoms with Crippen LogP contribution in [-0.2, 0) is 16.0 Å². The van der Waals surface area contributed by atoms with Crippen molar-refractivity contribution in [2.24, 2.45) is 0 Å². The lowest BCUT2D eigenvalue weighted by atomic mass is 9.97. The first-order valence-corrected chi connectivity index (χ1v) is 7.87. The minimum absolute atomic E-state index is 0.122. The number of hydrogen-bond donors (Lipinski definition) is 1. The molecular formula is C18H29NO2. The molecule has 0 aliphatic heterocycles. The van der Waals surface area contributed by atoms with Crippen LogP contribution in [0, 0.1) is 0 Å². The van der Waals surface area contributed by atoms with Crippen molar-refractivity contribution in [3.63, 3.8) is 0 Å². The van der Waals surface area contributed by atoms with Gasteiger partial charge >= 0.3 is 5.97 Å². The number of ether oxygens (including phenoxy) is 1. The summed E-state index contributed by atoms with van der Waals surface area (Å²) in [6.45, 7) is 8.68. The molecular weight excluding hydrogens is 262 g/mol. The second kappa shape index (κ2) is 8.83. The van der Waals surface area contributed by atoms with Crippen LogP contribution in [0.2, 0.25) is 0 Å². The van der Waals surface area contributed by atoms with Crippen LogP contribution in [0.15, 0.2) is 24.3 Å². The van der Waals surface area contributed by atoms with Gasteiger partial charge in [0.25, 0.3) is 0 Å². The van der Waals surface area contributed by atoms with Crippen LogP contribution in [0.1, 0.15) is 57.6 Å². The third-order valence-electron chi connectivity index (χ3n) is 3.90. The summed E-state index contributed by atoms with van der Waals surface area (Å²) < 4.78 is 4.81. The van der Waals surface area contributed by atoms with Crippen molar-refractivity contribution in [1.29, 1.82) is 0 Å². The number of hydrogen-bond acceptors (Lipinski definition) is 3. The van der Waals surface area contributed by atoms with Crippen molar-refractivity contribution < 1.29 is 9.53 Å². The van der Waals surface area contributed by atoms with Gasteiger partial charge in [0.1, 0.15) is 0 Å². The standard InChI is InChI=1S/C18H29NO2/c1-6-14(4)19-17(12-18(20)21-5)11-15-7-9-16(10-8-15)13(2)3/h7-10,13-14,17,19H,6,11-12H2,1-5H3. The summed E-state index contributed by atoms with van der Waals surface area (Å²) in [5, 5.41) is 3.52. The van der Waals surface area contributed by atoms with E-state index in [0.717, 1.165) is 12.8 Å². The second-order valence-electron chi connectivity index (χ2n) is 6.05. The molecule has 2 atom stereocenters. The van der Waals surface area contributed by atoms with Gasteiger partial charge in [-0.1, -0.05) is 45.0 Å². The van der Waals surface area contributed by atoms with E-state index in [0.29, 0.717) is 18.4 Å². The molecule has 1 aromatic rings. The van der Waals surface area contributed by atoms with E-state index >= 15 is 0 Å². The number of methoxy groups -OCH3 is 1. The Labute approximate surface area is 129 Å². The Morgan fingerprint density at radius 2 is 1.81 bits per heavy atom. The normalized spacial score (nSPS) is 14.0. The third-order valence-corrected chi connectivity index (χ3v) is 3.90. The minimum atomic E-state index is -0.158. The Balaban J connectivity index is 2.72. The summed E-state index contributed by atoms with van der Waals surface area (Å²) in [7, 11) is 1.44. The van der Waals surface area contributed by atoms with Crippen molar-refractivity contribution >= 4 is 5.97 Å². The van der Waals surface area contributed by atoms with Gasteiger partial charge in [0.05, 0.1) is 13.5 Å². The Morgan fingerprint density at radius 3 is 2.29 bits per heavy atom. The fourth-order valence-electron chi connectivity index (χ4n) is 2.32. The molecule has 0 aliphatic carbocycles. The van der Waals surface area contributed by atoms with E-state index in [1.165, 1.54) is 18.2 Å². The third kappa shape index (κ3) is 6.30. The van der Waals surface area contributed by atoms with Gasteiger partial charge in [-0.25, -0.2) is 0 Å². The van der Waals surface area contributed by atoms with Crippen molar-refractivity contribution in [1.82, 2.24) is 5.32 Å². The predicted molar refractivity (Wildman–Crippen MR) is 87.5 cm³/mol. The van der Waals surface area contributed by atoms with Gasteiger partial charge in [-0.05, 0) is 36.8 Å². The maximum Gasteiger partial charge on any atom is 0.307 e. The lowest BCUT2D eigenvalue weighted by Gasteiger charge is -2.22. The fourth-order valence-corrected chi connectivity index (χ4v) is 2.32. The quantitative estimate of drug-likeness (QED) is 0.743. The average Bonchev–Trinajstić information content (AvgIpc) is 2.47. The molecule has 3 heteroatoms. The Hall–Kier alpha value is -1.35. The lowest BCUT2D eigenvalue weighted by molar-refractivity contribution is -0.141. The zero-order valence-corrected chi connectivity index (χ0v) is 14.0. The molecule has 0 spiro atoms. The smallest absolute Gasteiger partial charge is 0.307 e. The van der Waals surface area contributed by atoms with E-state index in [9.17, 15) is 4.79 Å². The highest BCUT2D eigenvalue weighted by Gasteiger charge is 2.16. The van der Waals surface area contributed by atoms with Crippen LogP contribution in [0.3, 0.4) is 0 Å². The minimum Gasteiger partial charge on any atom is -0.469 e. The monoisotopic (exact) mass is 291 g/mol. The number of esters is 1. The van der Waals surface area contributed by atoms with E-state index in [2.05, 4.69) is 57.3 Å². The molecule has 1 N–H and O–H groups in total. The highest BCUT2D eigenvalue weighted by molar-refractivity contribution is 5.70. The summed E-state index contributed by atoms with van der Waals surface area (Å²) in [5.41, 5.74) is 2.60. The van der Waals surface area contributed by atoms with Crippen LogP contribution >= 0.6 is 0 Å². The molecule has 0 saturated carbocycles. The van der Waals surface area contributed by atoms with Crippen molar-refractivity contribution in [3.05, 3.63) is 35.4 Å². The maximum absolute atomic E-state index is 11.6. The molecule has 21 heavy (non-hydrogen) atoms. The van der Waals surface area contributed by atoms with Crippen LogP contribution in [0.4, 0.5) is 0 Å². The SMILES string of the molecule is CCC(C)NC(CC(=O)OC)Cc1ccc(C(C)C)cc1. The van der Waals surface area contributed by atoms with E-state index in [-0.39, 0.29) is 12.0 Å². The number of carbonyl (C=O) groups excluding carboxylic acids is 1. The highest BCUT2D eigenvalue weighted by atomic mass is 16.5. The van der Waals surface area contributed by atoms with Gasteiger partial charge in [-0.2, -0.15) is 0 Å². The van der Waals surface area contributed by atoms with Crippen molar-refractivity contribution in [3.8, 4) is 0 Å². The molecule has 0 fully saturated rings. The molecule has 1 rings (SSSR count). The molecule has 2 unspecified atom stereocenters. The number of nitrogens with one attached hydrogen (secondary N) is 1. The number of carbonyl (C=O) groups is 1. The Bertz CT molecular complexity index is 425. The van der Waals surface area contributed by atoms with Gasteiger partial charge in [0.15, 0.2) is 0 Å². The average molecular weight is 291 g/mol. The molecule has 3 nitrogen and oxygen atoms in total. The first-order chi connectivity index (χ1) is 9.96. The molecule has 0 aromatic heterocycles. The zero-order chi connectivity index (χ0) is 15.8. The topological polar surface area (TPSA) is 38.3 Å². The second-order valence-corrected chi connectivity index (χ2v) is 6.05. The summed E-state index contributed by atoms with van der Waals surface area (Å²) >= 11 is 0. The van der Waals surface area contributed by atoms with Crippen LogP contribution < -0.4 is 5.32 Å². The molecule has 0 saturated heterocycles. The first kappa shape index (κ1) is 17.7. The van der Waals surface area contributed by atoms with Crippen LogP contribution in [-0.4, -0.2) is 25.2 Å². The van der Waals surface area contributed by atoms with Gasteiger partial charge in [0.2, 0.25) is 0 Å². The van der Waals surface area contributed by atoms with Gasteiger partial charge in [0, 0.05) is 12.1 Å². The van der Waals surface area contributed by atoms with E-state index in [1.807, 2.05) is 0 Å². The molecule has 0 amide bonds. The van der Waals surface area contributed by atoms with Gasteiger partial charge in [-0.3, -0.25) is 4.79 Å². The first-order valence-electron chi connectivity index (χ1n) is 7.87. The summed E-state index contributed by atoms with van der Waals surface area (Å²) in [5.74, 6) is 0.387. The molecule has 0 heterocycles. The van der Waals surface area contributed by atoms with Gasteiger partial charge < -0.3 is 10.1 Å². The van der Waals surface area contributed by atoms with E-state index < -0.39 is 0 Å². The van der Waals surface area contributed by atoms with Crippen molar-refractivity contribution in [2.75, 3.05) is 7.11 Å². The highest BCUT2D eigenvalue weighted by Crippen LogP contribution is 2.16. The number of rotatable bonds is 8. The predicted octanol–water partition coefficient (Wildman–Crippen LogP) is 3.67. The zero-order valence-electron chi connectivity index (χ0n) is 14.0. The summed E-state index contributed by atoms with van der Waals surface area (Å²) in [4.78, 5) is 11.6. The summed E-state index contributed by atoms with van der Waals surface area (Å²) in [6, 6.07) is 9.21. The Morgan fingerprint density at radius 1 is 1.19 bits per heavy atom. The maximum atomic E-state index is 11.6. The summed E-state index contributed by atoms with van der Waals surface area (Å²) in [6.07, 6.45) is 2.30. The van der Waals surface area contributed by atoms with Gasteiger partial charge in [-0.15, -0.1) is 0 Å². The molecule has 118 valence electrons. The van der Waals surface area contributed by atoms with Crippen LogP contribution in [0.25, 0.3) is 0 Å². The Kier molecular flexibility index (Phi) is 7.44. The van der Waals surface area contributed by atoms with Crippen LogP contribution in [0.5, 0.6) is 0 Å². The molecule has 0 radical (unpaired) electrons. The van der Waals surface area contributed by atoms with E-state index in [4.69, 9.17) is 4.74 Å². The molecule has 0 bridgehead atoms. The van der Waals surface area contributed by atoms with E-state index in [1.54, 1.807) is 0 Å². The fraction of sp³-hybridized carbons (Fsp3) is 0.611. The number of benzene rings is 1.